The molecular weight excluding hydrogens is 430 g/mol. The number of nitrogens with one attached hydrogen (secondary N) is 2. The molecule has 1 aromatic heterocycles. The highest BCUT2D eigenvalue weighted by atomic mass is 16.4. The highest BCUT2D eigenvalue weighted by Crippen LogP contribution is 2.23. The molecule has 4 N–H and O–H groups in total. The van der Waals surface area contributed by atoms with Crippen LogP contribution in [0.25, 0.3) is 0 Å². The molecule has 0 saturated carbocycles. The Morgan fingerprint density at radius 3 is 2.50 bits per heavy atom. The summed E-state index contributed by atoms with van der Waals surface area (Å²) in [6.45, 7) is 12.0. The van der Waals surface area contributed by atoms with Crippen LogP contribution in [-0.2, 0) is 13.0 Å². The molecule has 2 heterocycles. The quantitative estimate of drug-likeness (QED) is 0.316. The zero-order valence-corrected chi connectivity index (χ0v) is 19.0. The number of nitrogens with two attached hydrogens (primary N) is 1. The van der Waals surface area contributed by atoms with Crippen LogP contribution in [0, 0.1) is 0 Å². The Hall–Kier alpha value is -4.11. The van der Waals surface area contributed by atoms with Gasteiger partial charge in [0, 0.05) is 45.0 Å². The number of oxazole rings is 1. The molecule has 0 aliphatic carbocycles. The van der Waals surface area contributed by atoms with Crippen molar-refractivity contribution in [3.63, 3.8) is 0 Å². The zero-order valence-electron chi connectivity index (χ0n) is 19.0. The van der Waals surface area contributed by atoms with E-state index >= 15 is 0 Å². The van der Waals surface area contributed by atoms with E-state index in [1.54, 1.807) is 5.01 Å². The van der Waals surface area contributed by atoms with E-state index in [0.717, 1.165) is 37.3 Å². The van der Waals surface area contributed by atoms with Crippen LogP contribution in [0.1, 0.15) is 27.4 Å². The molecule has 1 fully saturated rings. The summed E-state index contributed by atoms with van der Waals surface area (Å²) in [6.07, 6.45) is 0.384. The number of aromatic nitrogens is 1. The number of amides is 1. The number of piperazine rings is 1. The molecule has 0 radical (unpaired) electrons. The van der Waals surface area contributed by atoms with Crippen LogP contribution in [0.4, 0.5) is 11.7 Å². The fourth-order valence-electron chi connectivity index (χ4n) is 3.83. The summed E-state index contributed by atoms with van der Waals surface area (Å²) < 4.78 is 5.85. The minimum Gasteiger partial charge on any atom is -0.427 e. The number of hydrazone groups is 1. The highest BCUT2D eigenvalue weighted by molar-refractivity contribution is 5.92. The van der Waals surface area contributed by atoms with Crippen molar-refractivity contribution in [1.29, 1.82) is 0 Å². The number of hydrogen-bond donors (Lipinski definition) is 3. The molecule has 1 amide bonds. The molecule has 0 bridgehead atoms. The molecule has 0 atom stereocenters. The third kappa shape index (κ3) is 5.62. The number of nitrogens with zero attached hydrogens (tertiary/aromatic N) is 4. The molecule has 0 spiro atoms. The van der Waals surface area contributed by atoms with Crippen molar-refractivity contribution in [2.45, 2.75) is 13.0 Å². The Balaban J connectivity index is 1.45. The molecule has 1 aliphatic rings. The van der Waals surface area contributed by atoms with E-state index in [9.17, 15) is 4.79 Å². The summed E-state index contributed by atoms with van der Waals surface area (Å²) in [6, 6.07) is 18.1. The lowest BCUT2D eigenvalue weighted by molar-refractivity contribution is 0.0994. The summed E-state index contributed by atoms with van der Waals surface area (Å²) >= 11 is 0. The van der Waals surface area contributed by atoms with Gasteiger partial charge in [-0.3, -0.25) is 10.1 Å². The topological polar surface area (TPSA) is 112 Å². The Morgan fingerprint density at radius 2 is 1.85 bits per heavy atom. The average molecular weight is 460 g/mol. The van der Waals surface area contributed by atoms with Crippen molar-refractivity contribution in [2.24, 2.45) is 10.8 Å². The maximum absolute atomic E-state index is 12.0. The Bertz CT molecular complexity index is 1140. The van der Waals surface area contributed by atoms with Crippen LogP contribution >= 0.6 is 0 Å². The Labute approximate surface area is 198 Å². The van der Waals surface area contributed by atoms with Gasteiger partial charge in [0.1, 0.15) is 11.6 Å². The number of hydrogen-bond acceptors (Lipinski definition) is 8. The van der Waals surface area contributed by atoms with Gasteiger partial charge in [-0.25, -0.2) is 5.01 Å². The smallest absolute Gasteiger partial charge is 0.301 e. The van der Waals surface area contributed by atoms with Gasteiger partial charge < -0.3 is 20.4 Å². The first-order valence-electron chi connectivity index (χ1n) is 11.1. The summed E-state index contributed by atoms with van der Waals surface area (Å²) in [7, 11) is 0. The van der Waals surface area contributed by atoms with Crippen molar-refractivity contribution in [3.05, 3.63) is 89.6 Å². The monoisotopic (exact) mass is 459 g/mol. The average Bonchev–Trinajstić information content (AvgIpc) is 3.26. The number of carbonyl (C=O) groups is 1. The molecule has 1 aliphatic heterocycles. The van der Waals surface area contributed by atoms with E-state index < -0.39 is 5.91 Å². The van der Waals surface area contributed by atoms with E-state index in [-0.39, 0.29) is 11.7 Å². The van der Waals surface area contributed by atoms with Crippen molar-refractivity contribution in [1.82, 2.24) is 15.3 Å². The predicted molar refractivity (Wildman–Crippen MR) is 134 cm³/mol. The minimum absolute atomic E-state index is 0.0858. The van der Waals surface area contributed by atoms with E-state index in [0.29, 0.717) is 24.5 Å². The Kier molecular flexibility index (Phi) is 7.24. The SMILES string of the molecule is C=NN(Cc1ccccc1)C(=C)Nc1nc(C(N)=O)c(Cc2ccc(N3CCNCC3)cc2)o1. The summed E-state index contributed by atoms with van der Waals surface area (Å²) in [4.78, 5) is 18.6. The second-order valence-corrected chi connectivity index (χ2v) is 7.99. The molecule has 176 valence electrons. The maximum atomic E-state index is 12.0. The molecular formula is C25H29N7O2. The van der Waals surface area contributed by atoms with Crippen molar-refractivity contribution >= 4 is 24.3 Å². The third-order valence-electron chi connectivity index (χ3n) is 5.62. The largest absolute Gasteiger partial charge is 0.427 e. The molecule has 0 unspecified atom stereocenters. The van der Waals surface area contributed by atoms with E-state index in [1.807, 2.05) is 42.5 Å². The van der Waals surface area contributed by atoms with Crippen LogP contribution in [0.15, 0.2) is 76.5 Å². The van der Waals surface area contributed by atoms with E-state index in [2.05, 4.69) is 51.0 Å². The van der Waals surface area contributed by atoms with Gasteiger partial charge >= 0.3 is 6.01 Å². The van der Waals surface area contributed by atoms with Crippen LogP contribution in [-0.4, -0.2) is 48.8 Å². The number of benzene rings is 2. The van der Waals surface area contributed by atoms with Crippen molar-refractivity contribution in [2.75, 3.05) is 36.4 Å². The fraction of sp³-hybridized carbons (Fsp3) is 0.240. The Morgan fingerprint density at radius 1 is 1.15 bits per heavy atom. The van der Waals surface area contributed by atoms with Gasteiger partial charge in [0.25, 0.3) is 5.91 Å². The lowest BCUT2D eigenvalue weighted by Gasteiger charge is -2.29. The first-order valence-corrected chi connectivity index (χ1v) is 11.1. The van der Waals surface area contributed by atoms with Gasteiger partial charge in [-0.15, -0.1) is 0 Å². The van der Waals surface area contributed by atoms with Gasteiger partial charge in [-0.1, -0.05) is 49.0 Å². The predicted octanol–water partition coefficient (Wildman–Crippen LogP) is 2.77. The normalized spacial score (nSPS) is 13.4. The third-order valence-corrected chi connectivity index (χ3v) is 5.62. The minimum atomic E-state index is -0.655. The van der Waals surface area contributed by atoms with Crippen molar-refractivity contribution in [3.8, 4) is 0 Å². The first kappa shape index (κ1) is 23.1. The molecule has 2 aromatic carbocycles. The second kappa shape index (κ2) is 10.7. The van der Waals surface area contributed by atoms with Gasteiger partial charge in [0.2, 0.25) is 0 Å². The van der Waals surface area contributed by atoms with E-state index in [4.69, 9.17) is 10.2 Å². The number of carbonyl (C=O) groups excluding carboxylic acids is 1. The number of rotatable bonds is 10. The fourth-order valence-corrected chi connectivity index (χ4v) is 3.83. The number of anilines is 2. The van der Waals surface area contributed by atoms with Crippen LogP contribution in [0.5, 0.6) is 0 Å². The highest BCUT2D eigenvalue weighted by Gasteiger charge is 2.20. The summed E-state index contributed by atoms with van der Waals surface area (Å²) in [5.41, 5.74) is 8.84. The second-order valence-electron chi connectivity index (χ2n) is 7.99. The first-order chi connectivity index (χ1) is 16.5. The molecule has 3 aromatic rings. The van der Waals surface area contributed by atoms with Crippen molar-refractivity contribution < 1.29 is 9.21 Å². The lowest BCUT2D eigenvalue weighted by atomic mass is 10.1. The van der Waals surface area contributed by atoms with Crippen LogP contribution in [0.2, 0.25) is 0 Å². The molecule has 9 nitrogen and oxygen atoms in total. The molecule has 9 heteroatoms. The number of primary amides is 1. The van der Waals surface area contributed by atoms with E-state index in [1.165, 1.54) is 5.69 Å². The lowest BCUT2D eigenvalue weighted by Crippen LogP contribution is -2.43. The van der Waals surface area contributed by atoms with Crippen LogP contribution in [0.3, 0.4) is 0 Å². The zero-order chi connectivity index (χ0) is 23.9. The molecule has 4 rings (SSSR count). The maximum Gasteiger partial charge on any atom is 0.301 e. The standard InChI is InChI=1S/C25H29N7O2/c1-18(32(27-2)17-20-6-4-3-5-7-20)29-25-30-23(24(26)33)22(34-25)16-19-8-10-21(11-9-19)31-14-12-28-13-15-31/h3-11,28H,1-2,12-17H2,(H2,26,33)(H,29,30). The van der Waals surface area contributed by atoms with Gasteiger partial charge in [-0.05, 0) is 23.3 Å². The van der Waals surface area contributed by atoms with Gasteiger partial charge in [-0.2, -0.15) is 10.1 Å². The summed E-state index contributed by atoms with van der Waals surface area (Å²) in [5.74, 6) is 0.139. The van der Waals surface area contributed by atoms with Gasteiger partial charge in [0.05, 0.1) is 6.54 Å². The van der Waals surface area contributed by atoms with Crippen LogP contribution < -0.4 is 21.3 Å². The van der Waals surface area contributed by atoms with Gasteiger partial charge in [0.15, 0.2) is 5.69 Å². The summed E-state index contributed by atoms with van der Waals surface area (Å²) in [5, 5.41) is 11.9. The molecule has 1 saturated heterocycles. The molecule has 34 heavy (non-hydrogen) atoms.